The van der Waals surface area contributed by atoms with Crippen LogP contribution in [0.1, 0.15) is 44.6 Å². The predicted octanol–water partition coefficient (Wildman–Crippen LogP) is 4.47. The summed E-state index contributed by atoms with van der Waals surface area (Å²) in [4.78, 5) is 11.3. The molecule has 0 fully saturated rings. The number of hydrogen-bond acceptors (Lipinski definition) is 2. The Morgan fingerprint density at radius 2 is 1.95 bits per heavy atom. The first kappa shape index (κ1) is 19.3. The van der Waals surface area contributed by atoms with Crippen LogP contribution < -0.4 is 5.32 Å². The Morgan fingerprint density at radius 1 is 1.27 bits per heavy atom. The minimum atomic E-state index is -1.11. The van der Waals surface area contributed by atoms with Gasteiger partial charge < -0.3 is 10.4 Å². The van der Waals surface area contributed by atoms with Crippen LogP contribution in [0.5, 0.6) is 0 Å². The number of carbonyl (C=O) groups is 1. The summed E-state index contributed by atoms with van der Waals surface area (Å²) in [7, 11) is 6.00. The number of aliphatic carboxylic acids is 1. The third-order valence-electron chi connectivity index (χ3n) is 3.69. The molecule has 0 spiro atoms. The van der Waals surface area contributed by atoms with Crippen molar-refractivity contribution in [3.8, 4) is 0 Å². The van der Waals surface area contributed by atoms with Gasteiger partial charge in [0.05, 0.1) is 17.9 Å². The molecule has 6 heteroatoms. The van der Waals surface area contributed by atoms with Gasteiger partial charge in [0.25, 0.3) is 0 Å². The lowest BCUT2D eigenvalue weighted by atomic mass is 9.63. The molecule has 0 aliphatic rings. The van der Waals surface area contributed by atoms with Gasteiger partial charge >= 0.3 is 5.97 Å². The van der Waals surface area contributed by atoms with Gasteiger partial charge in [-0.25, -0.2) is 0 Å². The Kier molecular flexibility index (Phi) is 8.30. The molecule has 2 N–H and O–H groups in total. The van der Waals surface area contributed by atoms with Gasteiger partial charge in [0.15, 0.2) is 0 Å². The summed E-state index contributed by atoms with van der Waals surface area (Å²) in [6.07, 6.45) is 3.48. The van der Waals surface area contributed by atoms with E-state index in [1.165, 1.54) is 0 Å². The van der Waals surface area contributed by atoms with Crippen LogP contribution in [0.2, 0.25) is 15.4 Å². The fourth-order valence-electron chi connectivity index (χ4n) is 2.24. The Bertz CT molecular complexity index is 499. The molecule has 2 radical (unpaired) electrons. The Hall–Kier alpha value is -0.705. The third-order valence-corrected chi connectivity index (χ3v) is 4.43. The van der Waals surface area contributed by atoms with Crippen molar-refractivity contribution in [3.05, 3.63) is 33.8 Å². The molecule has 120 valence electrons. The third kappa shape index (κ3) is 6.19. The van der Waals surface area contributed by atoms with Gasteiger partial charge in [0.1, 0.15) is 0 Å². The SMILES string of the molecule is [B]C(CCCC)(CCCNCc1ccc(Cl)c(Cl)c1)C(=O)O. The van der Waals surface area contributed by atoms with Crippen LogP contribution in [-0.2, 0) is 11.3 Å². The highest BCUT2D eigenvalue weighted by atomic mass is 35.5. The first-order chi connectivity index (χ1) is 10.4. The Labute approximate surface area is 143 Å². The van der Waals surface area contributed by atoms with Gasteiger partial charge in [-0.05, 0) is 43.5 Å². The molecule has 0 saturated heterocycles. The lowest BCUT2D eigenvalue weighted by Crippen LogP contribution is -2.26. The van der Waals surface area contributed by atoms with Crippen molar-refractivity contribution in [2.75, 3.05) is 6.54 Å². The van der Waals surface area contributed by atoms with E-state index in [1.807, 2.05) is 19.1 Å². The number of halogens is 2. The molecule has 0 heterocycles. The second-order valence-electron chi connectivity index (χ2n) is 5.59. The van der Waals surface area contributed by atoms with Crippen molar-refractivity contribution in [3.63, 3.8) is 0 Å². The monoisotopic (exact) mass is 341 g/mol. The second-order valence-corrected chi connectivity index (χ2v) is 6.41. The number of unbranched alkanes of at least 4 members (excludes halogenated alkanes) is 1. The summed E-state index contributed by atoms with van der Waals surface area (Å²) in [6.45, 7) is 3.40. The molecule has 1 atom stereocenters. The molecule has 0 amide bonds. The van der Waals surface area contributed by atoms with Crippen molar-refractivity contribution >= 4 is 37.0 Å². The minimum Gasteiger partial charge on any atom is -0.481 e. The van der Waals surface area contributed by atoms with Crippen molar-refractivity contribution in [1.82, 2.24) is 5.32 Å². The van der Waals surface area contributed by atoms with Gasteiger partial charge in [-0.15, -0.1) is 0 Å². The first-order valence-electron chi connectivity index (χ1n) is 7.56. The second kappa shape index (κ2) is 9.44. The van der Waals surface area contributed by atoms with Crippen LogP contribution in [0.3, 0.4) is 0 Å². The standard InChI is InChI=1S/C16H22BCl2NO2/c1-2-3-7-16(17,15(21)22)8-4-9-20-11-12-5-6-13(18)14(19)10-12/h5-6,10,20H,2-4,7-9,11H2,1H3,(H,21,22). The van der Waals surface area contributed by atoms with E-state index < -0.39 is 11.3 Å². The van der Waals surface area contributed by atoms with E-state index in [4.69, 9.17) is 31.0 Å². The predicted molar refractivity (Wildman–Crippen MR) is 93.0 cm³/mol. The van der Waals surface area contributed by atoms with E-state index in [9.17, 15) is 9.90 Å². The van der Waals surface area contributed by atoms with Gasteiger partial charge in [-0.1, -0.05) is 49.0 Å². The molecular weight excluding hydrogens is 320 g/mol. The summed E-state index contributed by atoms with van der Waals surface area (Å²) in [6, 6.07) is 5.50. The van der Waals surface area contributed by atoms with Crippen molar-refractivity contribution in [2.45, 2.75) is 50.9 Å². The molecule has 0 aliphatic carbocycles. The molecule has 0 aromatic heterocycles. The van der Waals surface area contributed by atoms with Gasteiger partial charge in [0.2, 0.25) is 0 Å². The average molecular weight is 342 g/mol. The molecule has 0 saturated carbocycles. The molecule has 1 aromatic rings. The summed E-state index contributed by atoms with van der Waals surface area (Å²) >= 11 is 11.8. The van der Waals surface area contributed by atoms with Crippen LogP contribution in [0, 0.1) is 0 Å². The van der Waals surface area contributed by atoms with E-state index in [0.29, 0.717) is 42.4 Å². The largest absolute Gasteiger partial charge is 0.481 e. The van der Waals surface area contributed by atoms with Gasteiger partial charge in [-0.2, -0.15) is 0 Å². The quantitative estimate of drug-likeness (QED) is 0.487. The van der Waals surface area contributed by atoms with Crippen molar-refractivity contribution in [1.29, 1.82) is 0 Å². The highest BCUT2D eigenvalue weighted by Crippen LogP contribution is 2.34. The number of carboxylic acid groups (broad SMARTS) is 1. The maximum absolute atomic E-state index is 11.3. The summed E-state index contributed by atoms with van der Waals surface area (Å²) in [5.41, 5.74) is 1.04. The Morgan fingerprint density at radius 3 is 2.55 bits per heavy atom. The molecule has 1 aromatic carbocycles. The average Bonchev–Trinajstić information content (AvgIpc) is 2.48. The number of rotatable bonds is 10. The smallest absolute Gasteiger partial charge is 0.300 e. The molecule has 1 unspecified atom stereocenters. The molecular formula is C16H22BCl2NO2. The number of benzene rings is 1. The number of nitrogens with one attached hydrogen (secondary N) is 1. The highest BCUT2D eigenvalue weighted by Gasteiger charge is 2.30. The van der Waals surface area contributed by atoms with E-state index in [0.717, 1.165) is 18.4 Å². The minimum absolute atomic E-state index is 0.469. The topological polar surface area (TPSA) is 49.3 Å². The Balaban J connectivity index is 2.34. The number of hydrogen-bond donors (Lipinski definition) is 2. The molecule has 0 aliphatic heterocycles. The van der Waals surface area contributed by atoms with E-state index in [-0.39, 0.29) is 0 Å². The summed E-state index contributed by atoms with van der Waals surface area (Å²) in [5, 5.41) is 12.5. The highest BCUT2D eigenvalue weighted by molar-refractivity contribution is 6.42. The zero-order valence-corrected chi connectivity index (χ0v) is 14.4. The maximum atomic E-state index is 11.3. The van der Waals surface area contributed by atoms with Crippen molar-refractivity contribution in [2.24, 2.45) is 0 Å². The van der Waals surface area contributed by atoms with E-state index in [1.54, 1.807) is 6.07 Å². The van der Waals surface area contributed by atoms with Crippen LogP contribution in [-0.4, -0.2) is 25.5 Å². The normalized spacial score (nSPS) is 13.8. The summed E-state index contributed by atoms with van der Waals surface area (Å²) < 4.78 is 0. The van der Waals surface area contributed by atoms with Crippen LogP contribution in [0.25, 0.3) is 0 Å². The molecule has 1 rings (SSSR count). The van der Waals surface area contributed by atoms with E-state index >= 15 is 0 Å². The van der Waals surface area contributed by atoms with E-state index in [2.05, 4.69) is 5.32 Å². The van der Waals surface area contributed by atoms with Gasteiger partial charge in [0, 0.05) is 11.9 Å². The lowest BCUT2D eigenvalue weighted by Gasteiger charge is -2.25. The zero-order valence-electron chi connectivity index (χ0n) is 12.9. The lowest BCUT2D eigenvalue weighted by molar-refractivity contribution is -0.141. The zero-order chi connectivity index (χ0) is 16.6. The van der Waals surface area contributed by atoms with Crippen molar-refractivity contribution < 1.29 is 9.90 Å². The van der Waals surface area contributed by atoms with Crippen LogP contribution in [0.4, 0.5) is 0 Å². The fraction of sp³-hybridized carbons (Fsp3) is 0.562. The summed E-state index contributed by atoms with van der Waals surface area (Å²) in [5.74, 6) is -0.912. The van der Waals surface area contributed by atoms with Crippen LogP contribution in [0.15, 0.2) is 18.2 Å². The molecule has 0 bridgehead atoms. The molecule has 3 nitrogen and oxygen atoms in total. The molecule has 22 heavy (non-hydrogen) atoms. The number of carboxylic acids is 1. The van der Waals surface area contributed by atoms with Gasteiger partial charge in [-0.3, -0.25) is 4.79 Å². The maximum Gasteiger partial charge on any atom is 0.300 e. The fourth-order valence-corrected chi connectivity index (χ4v) is 2.56. The van der Waals surface area contributed by atoms with Crippen LogP contribution >= 0.6 is 23.2 Å². The first-order valence-corrected chi connectivity index (χ1v) is 8.31.